The Balaban J connectivity index is 1.64. The summed E-state index contributed by atoms with van der Waals surface area (Å²) in [5.74, 6) is 0.299. The number of fused-ring (bicyclic) bond motifs is 3. The summed E-state index contributed by atoms with van der Waals surface area (Å²) in [5.41, 5.74) is 3.11. The summed E-state index contributed by atoms with van der Waals surface area (Å²) in [5, 5.41) is 14.6. The van der Waals surface area contributed by atoms with Crippen molar-refractivity contribution in [1.29, 1.82) is 0 Å². The number of hydrogen-bond acceptors (Lipinski definition) is 7. The maximum absolute atomic E-state index is 13.3. The molecule has 170 valence electrons. The first-order chi connectivity index (χ1) is 16.3. The zero-order chi connectivity index (χ0) is 23.9. The lowest BCUT2D eigenvalue weighted by atomic mass is 10.2. The second-order valence-corrected chi connectivity index (χ2v) is 9.67. The monoisotopic (exact) mass is 472 g/mol. The van der Waals surface area contributed by atoms with Gasteiger partial charge in [0, 0.05) is 23.7 Å². The summed E-state index contributed by atoms with van der Waals surface area (Å²) in [6.07, 6.45) is 0. The Kier molecular flexibility index (Phi) is 5.21. The van der Waals surface area contributed by atoms with Crippen molar-refractivity contribution in [2.24, 2.45) is 0 Å². The van der Waals surface area contributed by atoms with E-state index in [2.05, 4.69) is 25.9 Å². The lowest BCUT2D eigenvalue weighted by Gasteiger charge is -2.11. The molecule has 5 aromatic rings. The third kappa shape index (κ3) is 3.84. The molecule has 9 nitrogen and oxygen atoms in total. The van der Waals surface area contributed by atoms with Crippen LogP contribution < -0.4 is 10.6 Å². The van der Waals surface area contributed by atoms with Crippen LogP contribution in [0, 0.1) is 6.92 Å². The van der Waals surface area contributed by atoms with Gasteiger partial charge in [0.1, 0.15) is 5.82 Å². The van der Waals surface area contributed by atoms with Crippen molar-refractivity contribution in [2.45, 2.75) is 23.8 Å². The van der Waals surface area contributed by atoms with Crippen molar-refractivity contribution in [3.05, 3.63) is 78.4 Å². The van der Waals surface area contributed by atoms with Gasteiger partial charge in [-0.25, -0.2) is 13.4 Å². The quantitative estimate of drug-likeness (QED) is 0.395. The molecule has 10 heteroatoms. The van der Waals surface area contributed by atoms with Crippen molar-refractivity contribution in [3.63, 3.8) is 0 Å². The first-order valence-electron chi connectivity index (χ1n) is 10.4. The summed E-state index contributed by atoms with van der Waals surface area (Å²) in [4.78, 5) is 16.0. The molecule has 1 amide bonds. The minimum Gasteiger partial charge on any atom is -0.340 e. The van der Waals surface area contributed by atoms with Crippen LogP contribution in [0.4, 0.5) is 17.2 Å². The Hall–Kier alpha value is -4.31. The van der Waals surface area contributed by atoms with Crippen molar-refractivity contribution in [3.8, 4) is 0 Å². The van der Waals surface area contributed by atoms with E-state index in [1.165, 1.54) is 11.4 Å². The average Bonchev–Trinajstić information content (AvgIpc) is 3.25. The van der Waals surface area contributed by atoms with Crippen molar-refractivity contribution in [1.82, 2.24) is 19.8 Å². The van der Waals surface area contributed by atoms with Gasteiger partial charge in [-0.15, -0.1) is 5.10 Å². The fourth-order valence-corrected chi connectivity index (χ4v) is 4.85. The van der Waals surface area contributed by atoms with Crippen LogP contribution in [0.1, 0.15) is 12.5 Å². The van der Waals surface area contributed by atoms with Crippen LogP contribution in [-0.2, 0) is 14.6 Å². The van der Waals surface area contributed by atoms with Crippen molar-refractivity contribution >= 4 is 49.5 Å². The predicted octanol–water partition coefficient (Wildman–Crippen LogP) is 4.12. The molecular weight excluding hydrogens is 452 g/mol. The van der Waals surface area contributed by atoms with Crippen LogP contribution >= 0.6 is 0 Å². The highest BCUT2D eigenvalue weighted by Crippen LogP contribution is 2.30. The van der Waals surface area contributed by atoms with Gasteiger partial charge in [0.05, 0.1) is 10.4 Å². The lowest BCUT2D eigenvalue weighted by molar-refractivity contribution is -0.114. The van der Waals surface area contributed by atoms with E-state index in [-0.39, 0.29) is 21.5 Å². The number of para-hydroxylation sites is 1. The second-order valence-electron chi connectivity index (χ2n) is 7.81. The summed E-state index contributed by atoms with van der Waals surface area (Å²) < 4.78 is 28.1. The van der Waals surface area contributed by atoms with E-state index in [9.17, 15) is 13.2 Å². The Morgan fingerprint density at radius 1 is 0.912 bits per heavy atom. The second kappa shape index (κ2) is 8.23. The van der Waals surface area contributed by atoms with Gasteiger partial charge in [0.15, 0.2) is 5.65 Å². The number of carbonyl (C=O) groups excluding carboxylic acids is 1. The maximum atomic E-state index is 13.3. The molecular formula is C24H20N6O3S. The average molecular weight is 473 g/mol. The Bertz CT molecular complexity index is 1640. The van der Waals surface area contributed by atoms with E-state index < -0.39 is 9.84 Å². The normalized spacial score (nSPS) is 11.6. The van der Waals surface area contributed by atoms with Crippen LogP contribution in [-0.4, -0.2) is 34.1 Å². The first kappa shape index (κ1) is 21.5. The summed E-state index contributed by atoms with van der Waals surface area (Å²) in [6, 6.07) is 21.1. The van der Waals surface area contributed by atoms with Crippen LogP contribution in [0.15, 0.2) is 82.7 Å². The van der Waals surface area contributed by atoms with E-state index in [1.54, 1.807) is 48.5 Å². The molecule has 0 saturated carbocycles. The molecule has 0 bridgehead atoms. The van der Waals surface area contributed by atoms with Gasteiger partial charge < -0.3 is 10.6 Å². The largest absolute Gasteiger partial charge is 0.340 e. The number of carbonyl (C=O) groups is 1. The lowest BCUT2D eigenvalue weighted by Crippen LogP contribution is -2.06. The summed E-state index contributed by atoms with van der Waals surface area (Å²) in [6.45, 7) is 3.33. The molecule has 0 saturated heterocycles. The summed E-state index contributed by atoms with van der Waals surface area (Å²) in [7, 11) is -3.94. The number of nitrogens with zero attached hydrogens (tertiary/aromatic N) is 4. The number of anilines is 3. The van der Waals surface area contributed by atoms with E-state index >= 15 is 0 Å². The van der Waals surface area contributed by atoms with E-state index in [0.29, 0.717) is 22.7 Å². The van der Waals surface area contributed by atoms with Gasteiger partial charge in [0.2, 0.25) is 20.8 Å². The molecule has 0 radical (unpaired) electrons. The Morgan fingerprint density at radius 3 is 2.29 bits per heavy atom. The fraction of sp³-hybridized carbons (Fsp3) is 0.0833. The topological polar surface area (TPSA) is 118 Å². The maximum Gasteiger partial charge on any atom is 0.229 e. The molecule has 2 N–H and O–H groups in total. The van der Waals surface area contributed by atoms with Crippen molar-refractivity contribution in [2.75, 3.05) is 10.6 Å². The number of aromatic nitrogens is 4. The van der Waals surface area contributed by atoms with E-state index in [4.69, 9.17) is 0 Å². The molecule has 0 aliphatic rings. The zero-order valence-corrected chi connectivity index (χ0v) is 19.2. The highest BCUT2D eigenvalue weighted by atomic mass is 32.2. The van der Waals surface area contributed by atoms with Gasteiger partial charge >= 0.3 is 0 Å². The number of benzene rings is 3. The highest BCUT2D eigenvalue weighted by Gasteiger charge is 2.27. The minimum atomic E-state index is -3.94. The molecule has 5 rings (SSSR count). The van der Waals surface area contributed by atoms with Crippen LogP contribution in [0.2, 0.25) is 0 Å². The van der Waals surface area contributed by atoms with Gasteiger partial charge in [-0.05, 0) is 55.5 Å². The van der Waals surface area contributed by atoms with Crippen LogP contribution in [0.5, 0.6) is 0 Å². The highest BCUT2D eigenvalue weighted by molar-refractivity contribution is 7.91. The molecule has 2 heterocycles. The Labute approximate surface area is 195 Å². The molecule has 0 unspecified atom stereocenters. The zero-order valence-electron chi connectivity index (χ0n) is 18.4. The van der Waals surface area contributed by atoms with Gasteiger partial charge in [-0.3, -0.25) is 4.79 Å². The molecule has 3 aromatic carbocycles. The van der Waals surface area contributed by atoms with Crippen LogP contribution in [0.3, 0.4) is 0 Å². The molecule has 2 aromatic heterocycles. The van der Waals surface area contributed by atoms with Gasteiger partial charge in [-0.1, -0.05) is 35.0 Å². The number of hydrogen-bond donors (Lipinski definition) is 2. The number of amides is 1. The van der Waals surface area contributed by atoms with Gasteiger partial charge in [-0.2, -0.15) is 4.52 Å². The van der Waals surface area contributed by atoms with E-state index in [0.717, 1.165) is 10.9 Å². The molecule has 0 atom stereocenters. The number of rotatable bonds is 5. The number of sulfone groups is 1. The number of nitrogens with one attached hydrogen (secondary N) is 2. The third-order valence-corrected chi connectivity index (χ3v) is 6.94. The van der Waals surface area contributed by atoms with Crippen molar-refractivity contribution < 1.29 is 13.2 Å². The molecule has 0 aliphatic carbocycles. The predicted molar refractivity (Wildman–Crippen MR) is 129 cm³/mol. The summed E-state index contributed by atoms with van der Waals surface area (Å²) >= 11 is 0. The third-order valence-electron chi connectivity index (χ3n) is 5.28. The minimum absolute atomic E-state index is 0.122. The molecule has 0 aliphatic heterocycles. The number of aryl methyl sites for hydroxylation is 1. The SMILES string of the molecule is CC(=O)Nc1ccc(Nc2nc3c(S(=O)(=O)c4ccc(C)cc4)nnn3c3ccccc23)cc1. The van der Waals surface area contributed by atoms with Gasteiger partial charge in [0.25, 0.3) is 0 Å². The first-order valence-corrected chi connectivity index (χ1v) is 11.9. The molecule has 34 heavy (non-hydrogen) atoms. The molecule has 0 fully saturated rings. The Morgan fingerprint density at radius 2 is 1.59 bits per heavy atom. The smallest absolute Gasteiger partial charge is 0.229 e. The van der Waals surface area contributed by atoms with Crippen LogP contribution in [0.25, 0.3) is 16.6 Å². The van der Waals surface area contributed by atoms with E-state index in [1.807, 2.05) is 31.2 Å². The molecule has 0 spiro atoms. The standard InChI is InChI=1S/C24H20N6O3S/c1-15-7-13-19(14-8-15)34(32,33)24-23-27-22(20-5-3-4-6-21(20)30(23)29-28-24)26-18-11-9-17(10-12-18)25-16(2)31/h3-14H,1-2H3,(H,25,31)(H,26,27). The fourth-order valence-electron chi connectivity index (χ4n) is 3.62.